The molecule has 0 aliphatic rings. The maximum absolute atomic E-state index is 12.5. The molecule has 4 aromatic rings. The van der Waals surface area contributed by atoms with Crippen molar-refractivity contribution in [3.05, 3.63) is 105 Å². The van der Waals surface area contributed by atoms with Gasteiger partial charge in [0.2, 0.25) is 0 Å². The Morgan fingerprint density at radius 1 is 1.03 bits per heavy atom. The highest BCUT2D eigenvalue weighted by Crippen LogP contribution is 2.22. The molecule has 4 rings (SSSR count). The third-order valence-electron chi connectivity index (χ3n) is 4.93. The zero-order chi connectivity index (χ0) is 25.0. The van der Waals surface area contributed by atoms with Gasteiger partial charge in [-0.25, -0.2) is 18.5 Å². The Hall–Kier alpha value is -3.47. The van der Waals surface area contributed by atoms with Crippen LogP contribution in [0.3, 0.4) is 0 Å². The van der Waals surface area contributed by atoms with Gasteiger partial charge in [0, 0.05) is 15.7 Å². The fourth-order valence-corrected chi connectivity index (χ4v) is 4.78. The molecule has 1 heterocycles. The zero-order valence-electron chi connectivity index (χ0n) is 18.3. The van der Waals surface area contributed by atoms with E-state index in [1.807, 2.05) is 30.3 Å². The number of benzene rings is 3. The molecule has 0 atom stereocenters. The van der Waals surface area contributed by atoms with E-state index in [0.29, 0.717) is 27.7 Å². The lowest BCUT2D eigenvalue weighted by molar-refractivity contribution is 0.0955. The van der Waals surface area contributed by atoms with E-state index in [4.69, 9.17) is 11.6 Å². The first kappa shape index (κ1) is 24.6. The third-order valence-corrected chi connectivity index (χ3v) is 7.22. The van der Waals surface area contributed by atoms with Crippen LogP contribution < -0.4 is 10.1 Å². The van der Waals surface area contributed by atoms with Crippen LogP contribution in [0, 0.1) is 6.92 Å². The molecule has 178 valence electrons. The summed E-state index contributed by atoms with van der Waals surface area (Å²) in [6, 6.07) is 21.7. The maximum atomic E-state index is 12.5. The number of nitrogens with zero attached hydrogens (tertiary/aromatic N) is 3. The van der Waals surface area contributed by atoms with Gasteiger partial charge in [0.25, 0.3) is 15.9 Å². The second kappa shape index (κ2) is 10.4. The lowest BCUT2D eigenvalue weighted by Gasteiger charge is -2.09. The molecule has 0 fully saturated rings. The highest BCUT2D eigenvalue weighted by Gasteiger charge is 2.15. The molecule has 0 saturated carbocycles. The second-order valence-corrected chi connectivity index (χ2v) is 10.3. The van der Waals surface area contributed by atoms with E-state index in [0.717, 1.165) is 10.2 Å². The monoisotopic (exact) mass is 571 g/mol. The van der Waals surface area contributed by atoms with Gasteiger partial charge in [-0.1, -0.05) is 45.7 Å². The van der Waals surface area contributed by atoms with Crippen LogP contribution in [0.25, 0.3) is 5.69 Å². The van der Waals surface area contributed by atoms with Crippen molar-refractivity contribution in [2.45, 2.75) is 11.8 Å². The Morgan fingerprint density at radius 3 is 2.34 bits per heavy atom. The number of rotatable bonds is 7. The molecule has 0 saturated heterocycles. The summed E-state index contributed by atoms with van der Waals surface area (Å²) in [6.07, 6.45) is 1.43. The van der Waals surface area contributed by atoms with Crippen molar-refractivity contribution in [2.75, 3.05) is 4.72 Å². The molecule has 1 aromatic heterocycles. The predicted octanol–water partition coefficient (Wildman–Crippen LogP) is 5.16. The fraction of sp³-hybridized carbons (Fsp3) is 0.0417. The van der Waals surface area contributed by atoms with E-state index < -0.39 is 15.9 Å². The summed E-state index contributed by atoms with van der Waals surface area (Å²) >= 11 is 9.73. The number of para-hydroxylation sites is 1. The Kier molecular flexibility index (Phi) is 7.34. The molecule has 0 unspecified atom stereocenters. The molecule has 0 bridgehead atoms. The number of hydrazone groups is 1. The van der Waals surface area contributed by atoms with Crippen LogP contribution in [0.2, 0.25) is 5.15 Å². The van der Waals surface area contributed by atoms with Crippen LogP contribution in [0.5, 0.6) is 0 Å². The lowest BCUT2D eigenvalue weighted by atomic mass is 10.2. The van der Waals surface area contributed by atoms with E-state index in [1.165, 1.54) is 42.6 Å². The van der Waals surface area contributed by atoms with Gasteiger partial charge >= 0.3 is 0 Å². The van der Waals surface area contributed by atoms with Gasteiger partial charge in [-0.15, -0.1) is 0 Å². The molecule has 3 aromatic carbocycles. The average molecular weight is 573 g/mol. The number of hydrogen-bond acceptors (Lipinski definition) is 5. The quantitative estimate of drug-likeness (QED) is 0.236. The molecule has 35 heavy (non-hydrogen) atoms. The Balaban J connectivity index is 1.41. The van der Waals surface area contributed by atoms with Crippen LogP contribution in [0.1, 0.15) is 21.6 Å². The van der Waals surface area contributed by atoms with Gasteiger partial charge in [0.1, 0.15) is 5.15 Å². The van der Waals surface area contributed by atoms with E-state index >= 15 is 0 Å². The van der Waals surface area contributed by atoms with Gasteiger partial charge in [-0.05, 0) is 67.6 Å². The molecule has 0 spiro atoms. The van der Waals surface area contributed by atoms with E-state index in [2.05, 4.69) is 36.3 Å². The highest BCUT2D eigenvalue weighted by atomic mass is 79.9. The molecule has 0 radical (unpaired) electrons. The highest BCUT2D eigenvalue weighted by molar-refractivity contribution is 9.10. The second-order valence-electron chi connectivity index (χ2n) is 7.37. The minimum absolute atomic E-state index is 0.126. The molecule has 2 N–H and O–H groups in total. The van der Waals surface area contributed by atoms with Gasteiger partial charge < -0.3 is 0 Å². The molecule has 1 amide bonds. The van der Waals surface area contributed by atoms with Gasteiger partial charge in [-0.2, -0.15) is 10.2 Å². The number of aryl methyl sites for hydroxylation is 1. The van der Waals surface area contributed by atoms with Crippen LogP contribution in [0.15, 0.2) is 93.3 Å². The lowest BCUT2D eigenvalue weighted by Crippen LogP contribution is -2.18. The minimum atomic E-state index is -3.75. The molecule has 0 aliphatic carbocycles. The van der Waals surface area contributed by atoms with Gasteiger partial charge in [-0.3, -0.25) is 9.52 Å². The SMILES string of the molecule is Cc1nn(-c2ccccc2)c(Cl)c1C=NNC(=O)c1ccc(NS(=O)(=O)c2ccc(Br)cc2)cc1. The van der Waals surface area contributed by atoms with E-state index in [9.17, 15) is 13.2 Å². The summed E-state index contributed by atoms with van der Waals surface area (Å²) in [6.45, 7) is 1.79. The maximum Gasteiger partial charge on any atom is 0.271 e. The number of halogens is 2. The molecular weight excluding hydrogens is 554 g/mol. The average Bonchev–Trinajstić information content (AvgIpc) is 3.13. The third kappa shape index (κ3) is 5.79. The Morgan fingerprint density at radius 2 is 1.69 bits per heavy atom. The number of carbonyl (C=O) groups excluding carboxylic acids is 1. The number of hydrogen-bond donors (Lipinski definition) is 2. The van der Waals surface area contributed by atoms with Crippen molar-refractivity contribution in [1.29, 1.82) is 0 Å². The topological polar surface area (TPSA) is 105 Å². The Bertz CT molecular complexity index is 1490. The summed E-state index contributed by atoms with van der Waals surface area (Å²) in [7, 11) is -3.75. The summed E-state index contributed by atoms with van der Waals surface area (Å²) in [4.78, 5) is 12.6. The largest absolute Gasteiger partial charge is 0.280 e. The summed E-state index contributed by atoms with van der Waals surface area (Å²) in [5, 5.41) is 8.79. The van der Waals surface area contributed by atoms with Crippen molar-refractivity contribution < 1.29 is 13.2 Å². The van der Waals surface area contributed by atoms with Crippen molar-refractivity contribution in [1.82, 2.24) is 15.2 Å². The standard InChI is InChI=1S/C24H19BrClN5O3S/c1-16-22(23(26)31(29-16)20-5-3-2-4-6-20)15-27-28-24(32)17-7-11-19(12-8-17)30-35(33,34)21-13-9-18(25)10-14-21/h2-15,30H,1H3,(H,28,32). The molecule has 0 aliphatic heterocycles. The Labute approximate surface area is 215 Å². The van der Waals surface area contributed by atoms with Crippen molar-refractivity contribution >= 4 is 55.4 Å². The normalized spacial score (nSPS) is 11.5. The summed E-state index contributed by atoms with van der Waals surface area (Å²) in [5.41, 5.74) is 5.10. The van der Waals surface area contributed by atoms with Crippen LogP contribution in [0.4, 0.5) is 5.69 Å². The summed E-state index contributed by atoms with van der Waals surface area (Å²) in [5.74, 6) is -0.465. The smallest absolute Gasteiger partial charge is 0.271 e. The molecule has 11 heteroatoms. The predicted molar refractivity (Wildman–Crippen MR) is 140 cm³/mol. The number of amides is 1. The number of anilines is 1. The number of aromatic nitrogens is 2. The van der Waals surface area contributed by atoms with Crippen molar-refractivity contribution in [3.63, 3.8) is 0 Å². The zero-order valence-corrected chi connectivity index (χ0v) is 21.5. The first-order valence-corrected chi connectivity index (χ1v) is 12.9. The fourth-order valence-electron chi connectivity index (χ4n) is 3.14. The minimum Gasteiger partial charge on any atom is -0.280 e. The number of carbonyl (C=O) groups is 1. The summed E-state index contributed by atoms with van der Waals surface area (Å²) < 4.78 is 29.9. The van der Waals surface area contributed by atoms with Crippen LogP contribution in [-0.4, -0.2) is 30.3 Å². The van der Waals surface area contributed by atoms with Gasteiger partial charge in [0.05, 0.1) is 28.1 Å². The van der Waals surface area contributed by atoms with Gasteiger partial charge in [0.15, 0.2) is 0 Å². The van der Waals surface area contributed by atoms with Crippen molar-refractivity contribution in [2.24, 2.45) is 5.10 Å². The van der Waals surface area contributed by atoms with Crippen LogP contribution >= 0.6 is 27.5 Å². The molecule has 8 nitrogen and oxygen atoms in total. The number of sulfonamides is 1. The first-order chi connectivity index (χ1) is 16.7. The number of nitrogens with one attached hydrogen (secondary N) is 2. The van der Waals surface area contributed by atoms with E-state index in [1.54, 1.807) is 23.7 Å². The molecular formula is C24H19BrClN5O3S. The van der Waals surface area contributed by atoms with Crippen LogP contribution in [-0.2, 0) is 10.0 Å². The first-order valence-electron chi connectivity index (χ1n) is 10.3. The van der Waals surface area contributed by atoms with E-state index in [-0.39, 0.29) is 4.90 Å². The van der Waals surface area contributed by atoms with Crippen molar-refractivity contribution in [3.8, 4) is 5.69 Å².